The molecule has 0 radical (unpaired) electrons. The molecule has 3 heteroatoms. The number of ether oxygens (including phenoxy) is 1. The molecule has 1 N–H and O–H groups in total. The minimum absolute atomic E-state index is 0.242. The summed E-state index contributed by atoms with van der Waals surface area (Å²) in [6, 6.07) is 8.41. The summed E-state index contributed by atoms with van der Waals surface area (Å²) in [6.07, 6.45) is 1.78. The molecular weight excluding hydrogens is 248 g/mol. The van der Waals surface area contributed by atoms with Gasteiger partial charge in [-0.15, -0.1) is 0 Å². The van der Waals surface area contributed by atoms with E-state index in [9.17, 15) is 0 Å². The quantitative estimate of drug-likeness (QED) is 0.909. The van der Waals surface area contributed by atoms with Crippen LogP contribution < -0.4 is 10.1 Å². The highest BCUT2D eigenvalue weighted by molar-refractivity contribution is 5.46. The summed E-state index contributed by atoms with van der Waals surface area (Å²) in [5.41, 5.74) is 4.56. The summed E-state index contributed by atoms with van der Waals surface area (Å²) in [5, 5.41) is 3.17. The van der Waals surface area contributed by atoms with Gasteiger partial charge in [0.1, 0.15) is 11.5 Å². The molecule has 2 aromatic rings. The van der Waals surface area contributed by atoms with Crippen LogP contribution in [0.5, 0.6) is 11.5 Å². The van der Waals surface area contributed by atoms with Gasteiger partial charge in [0.2, 0.25) is 0 Å². The van der Waals surface area contributed by atoms with Gasteiger partial charge in [0.15, 0.2) is 0 Å². The third kappa shape index (κ3) is 2.99. The summed E-state index contributed by atoms with van der Waals surface area (Å²) in [6.45, 7) is 8.32. The molecule has 0 amide bonds. The number of aryl methyl sites for hydroxylation is 2. The van der Waals surface area contributed by atoms with Crippen molar-refractivity contribution in [3.63, 3.8) is 0 Å². The van der Waals surface area contributed by atoms with Crippen LogP contribution in [0.3, 0.4) is 0 Å². The van der Waals surface area contributed by atoms with E-state index in [2.05, 4.69) is 50.1 Å². The predicted molar refractivity (Wildman–Crippen MR) is 82.4 cm³/mol. The highest BCUT2D eigenvalue weighted by atomic mass is 16.5. The first kappa shape index (κ1) is 14.5. The maximum atomic E-state index is 6.01. The standard InChI is InChI=1S/C17H22N2O/c1-11-6-7-12(2)17(13(11)3)20-15-8-9-16(19-10-15)14(4)18-5/h6-10,14,18H,1-5H3. The van der Waals surface area contributed by atoms with Crippen LogP contribution in [0, 0.1) is 20.8 Å². The summed E-state index contributed by atoms with van der Waals surface area (Å²) in [4.78, 5) is 4.44. The predicted octanol–water partition coefficient (Wildman–Crippen LogP) is 4.08. The van der Waals surface area contributed by atoms with E-state index in [1.54, 1.807) is 6.20 Å². The summed E-state index contributed by atoms with van der Waals surface area (Å²) < 4.78 is 6.01. The van der Waals surface area contributed by atoms with Crippen LogP contribution in [0.4, 0.5) is 0 Å². The third-order valence-corrected chi connectivity index (χ3v) is 3.73. The second kappa shape index (κ2) is 6.06. The van der Waals surface area contributed by atoms with Crippen LogP contribution in [0.1, 0.15) is 35.3 Å². The van der Waals surface area contributed by atoms with E-state index in [4.69, 9.17) is 4.74 Å². The fourth-order valence-electron chi connectivity index (χ4n) is 2.06. The number of nitrogens with zero attached hydrogens (tertiary/aromatic N) is 1. The lowest BCUT2D eigenvalue weighted by Gasteiger charge is -2.14. The van der Waals surface area contributed by atoms with Crippen LogP contribution in [0.2, 0.25) is 0 Å². The zero-order valence-corrected chi connectivity index (χ0v) is 12.8. The Hall–Kier alpha value is -1.87. The van der Waals surface area contributed by atoms with Crippen molar-refractivity contribution in [1.29, 1.82) is 0 Å². The second-order valence-corrected chi connectivity index (χ2v) is 5.18. The van der Waals surface area contributed by atoms with Crippen LogP contribution in [-0.2, 0) is 0 Å². The molecule has 1 aromatic carbocycles. The molecule has 2 rings (SSSR count). The first-order chi connectivity index (χ1) is 9.52. The van der Waals surface area contributed by atoms with Crippen molar-refractivity contribution in [1.82, 2.24) is 10.3 Å². The second-order valence-electron chi connectivity index (χ2n) is 5.18. The van der Waals surface area contributed by atoms with Crippen LogP contribution in [0.25, 0.3) is 0 Å². The van der Waals surface area contributed by atoms with Crippen molar-refractivity contribution in [2.75, 3.05) is 7.05 Å². The molecular formula is C17H22N2O. The lowest BCUT2D eigenvalue weighted by molar-refractivity contribution is 0.471. The monoisotopic (exact) mass is 270 g/mol. The zero-order chi connectivity index (χ0) is 14.7. The molecule has 1 heterocycles. The minimum Gasteiger partial charge on any atom is -0.455 e. The van der Waals surface area contributed by atoms with E-state index in [-0.39, 0.29) is 6.04 Å². The molecule has 0 aliphatic rings. The van der Waals surface area contributed by atoms with Gasteiger partial charge in [-0.1, -0.05) is 12.1 Å². The van der Waals surface area contributed by atoms with Gasteiger partial charge in [0, 0.05) is 6.04 Å². The summed E-state index contributed by atoms with van der Waals surface area (Å²) in [5.74, 6) is 1.70. The first-order valence-electron chi connectivity index (χ1n) is 6.90. The number of benzene rings is 1. The number of hydrogen-bond acceptors (Lipinski definition) is 3. The van der Waals surface area contributed by atoms with E-state index in [0.717, 1.165) is 22.8 Å². The fraction of sp³-hybridized carbons (Fsp3) is 0.353. The smallest absolute Gasteiger partial charge is 0.145 e. The van der Waals surface area contributed by atoms with Crippen molar-refractivity contribution in [3.8, 4) is 11.5 Å². The van der Waals surface area contributed by atoms with Crippen LogP contribution in [-0.4, -0.2) is 12.0 Å². The molecule has 0 spiro atoms. The Morgan fingerprint density at radius 3 is 2.35 bits per heavy atom. The van der Waals surface area contributed by atoms with E-state index >= 15 is 0 Å². The Labute approximate surface area is 121 Å². The molecule has 106 valence electrons. The Morgan fingerprint density at radius 1 is 1.05 bits per heavy atom. The molecule has 0 saturated carbocycles. The molecule has 0 bridgehead atoms. The highest BCUT2D eigenvalue weighted by Gasteiger charge is 2.09. The lowest BCUT2D eigenvalue weighted by atomic mass is 10.1. The molecule has 0 aliphatic heterocycles. The van der Waals surface area contributed by atoms with E-state index in [1.807, 2.05) is 19.2 Å². The molecule has 0 saturated heterocycles. The Bertz CT molecular complexity index is 591. The Morgan fingerprint density at radius 2 is 1.75 bits per heavy atom. The molecule has 1 aromatic heterocycles. The normalized spacial score (nSPS) is 12.2. The molecule has 1 unspecified atom stereocenters. The maximum Gasteiger partial charge on any atom is 0.145 e. The number of rotatable bonds is 4. The maximum absolute atomic E-state index is 6.01. The van der Waals surface area contributed by atoms with E-state index < -0.39 is 0 Å². The van der Waals surface area contributed by atoms with Gasteiger partial charge in [0.05, 0.1) is 11.9 Å². The molecule has 0 fully saturated rings. The molecule has 0 aliphatic carbocycles. The average Bonchev–Trinajstić information content (AvgIpc) is 2.47. The van der Waals surface area contributed by atoms with Gasteiger partial charge in [-0.25, -0.2) is 0 Å². The molecule has 3 nitrogen and oxygen atoms in total. The van der Waals surface area contributed by atoms with Crippen molar-refractivity contribution >= 4 is 0 Å². The number of hydrogen-bond donors (Lipinski definition) is 1. The topological polar surface area (TPSA) is 34.1 Å². The number of nitrogens with one attached hydrogen (secondary N) is 1. The minimum atomic E-state index is 0.242. The fourth-order valence-corrected chi connectivity index (χ4v) is 2.06. The van der Waals surface area contributed by atoms with Crippen molar-refractivity contribution < 1.29 is 4.74 Å². The van der Waals surface area contributed by atoms with Crippen LogP contribution in [0.15, 0.2) is 30.5 Å². The van der Waals surface area contributed by atoms with Crippen molar-refractivity contribution in [2.24, 2.45) is 0 Å². The van der Waals surface area contributed by atoms with E-state index in [1.165, 1.54) is 11.1 Å². The highest BCUT2D eigenvalue weighted by Crippen LogP contribution is 2.30. The lowest BCUT2D eigenvalue weighted by Crippen LogP contribution is -2.13. The summed E-state index contributed by atoms with van der Waals surface area (Å²) in [7, 11) is 1.93. The van der Waals surface area contributed by atoms with Gasteiger partial charge in [-0.2, -0.15) is 0 Å². The first-order valence-corrected chi connectivity index (χ1v) is 6.90. The molecule has 1 atom stereocenters. The van der Waals surface area contributed by atoms with E-state index in [0.29, 0.717) is 0 Å². The van der Waals surface area contributed by atoms with Crippen LogP contribution >= 0.6 is 0 Å². The van der Waals surface area contributed by atoms with Gasteiger partial charge in [-0.3, -0.25) is 4.98 Å². The molecule has 20 heavy (non-hydrogen) atoms. The number of aromatic nitrogens is 1. The number of pyridine rings is 1. The average molecular weight is 270 g/mol. The van der Waals surface area contributed by atoms with Gasteiger partial charge < -0.3 is 10.1 Å². The Kier molecular flexibility index (Phi) is 4.40. The largest absolute Gasteiger partial charge is 0.455 e. The van der Waals surface area contributed by atoms with Gasteiger partial charge in [-0.05, 0) is 63.6 Å². The zero-order valence-electron chi connectivity index (χ0n) is 12.8. The van der Waals surface area contributed by atoms with Gasteiger partial charge in [0.25, 0.3) is 0 Å². The van der Waals surface area contributed by atoms with Crippen molar-refractivity contribution in [3.05, 3.63) is 52.8 Å². The van der Waals surface area contributed by atoms with Crippen molar-refractivity contribution in [2.45, 2.75) is 33.7 Å². The third-order valence-electron chi connectivity index (χ3n) is 3.73. The Balaban J connectivity index is 2.25. The summed E-state index contributed by atoms with van der Waals surface area (Å²) >= 11 is 0. The van der Waals surface area contributed by atoms with Gasteiger partial charge >= 0.3 is 0 Å². The SMILES string of the molecule is CNC(C)c1ccc(Oc2c(C)ccc(C)c2C)cn1.